The Morgan fingerprint density at radius 1 is 1.71 bits per heavy atom. The average molecular weight is 199 g/mol. The van der Waals surface area contributed by atoms with Crippen molar-refractivity contribution in [3.05, 3.63) is 0 Å². The number of hydrogen-bond acceptors (Lipinski definition) is 2. The zero-order valence-electron chi connectivity index (χ0n) is 8.48. The zero-order chi connectivity index (χ0) is 10.6. The van der Waals surface area contributed by atoms with Crippen LogP contribution in [0.15, 0.2) is 0 Å². The van der Waals surface area contributed by atoms with E-state index in [4.69, 9.17) is 5.11 Å². The molecule has 1 rings (SSSR count). The van der Waals surface area contributed by atoms with E-state index in [2.05, 4.69) is 0 Å². The SMILES string of the molecule is CC(CC(=O)O)C1CCCN(C=O)C1. The number of carboxylic acids is 1. The van der Waals surface area contributed by atoms with Crippen molar-refractivity contribution < 1.29 is 14.7 Å². The van der Waals surface area contributed by atoms with Gasteiger partial charge in [-0.05, 0) is 24.7 Å². The van der Waals surface area contributed by atoms with Crippen LogP contribution in [0.3, 0.4) is 0 Å². The second kappa shape index (κ2) is 4.98. The Morgan fingerprint density at radius 2 is 2.43 bits per heavy atom. The number of rotatable bonds is 4. The first-order valence-corrected chi connectivity index (χ1v) is 5.04. The largest absolute Gasteiger partial charge is 0.481 e. The highest BCUT2D eigenvalue weighted by atomic mass is 16.4. The van der Waals surface area contributed by atoms with Crippen molar-refractivity contribution in [3.63, 3.8) is 0 Å². The van der Waals surface area contributed by atoms with Gasteiger partial charge >= 0.3 is 5.97 Å². The van der Waals surface area contributed by atoms with Gasteiger partial charge in [0.2, 0.25) is 6.41 Å². The molecule has 0 radical (unpaired) electrons. The number of carbonyl (C=O) groups is 2. The van der Waals surface area contributed by atoms with Gasteiger partial charge in [0.05, 0.1) is 0 Å². The van der Waals surface area contributed by atoms with Crippen LogP contribution in [0, 0.1) is 11.8 Å². The van der Waals surface area contributed by atoms with Crippen LogP contribution in [-0.2, 0) is 9.59 Å². The summed E-state index contributed by atoms with van der Waals surface area (Å²) in [5.41, 5.74) is 0. The lowest BCUT2D eigenvalue weighted by Gasteiger charge is -2.33. The third-order valence-electron chi connectivity index (χ3n) is 2.94. The van der Waals surface area contributed by atoms with Crippen LogP contribution in [0.2, 0.25) is 0 Å². The lowest BCUT2D eigenvalue weighted by atomic mass is 9.85. The summed E-state index contributed by atoms with van der Waals surface area (Å²) in [5.74, 6) is -0.235. The summed E-state index contributed by atoms with van der Waals surface area (Å²) in [4.78, 5) is 22.8. The summed E-state index contributed by atoms with van der Waals surface area (Å²) < 4.78 is 0. The molecule has 2 unspecified atom stereocenters. The lowest BCUT2D eigenvalue weighted by molar-refractivity contribution is -0.138. The van der Waals surface area contributed by atoms with E-state index < -0.39 is 5.97 Å². The Labute approximate surface area is 83.9 Å². The van der Waals surface area contributed by atoms with E-state index in [0.29, 0.717) is 5.92 Å². The molecule has 0 bridgehead atoms. The molecular weight excluding hydrogens is 182 g/mol. The molecule has 1 fully saturated rings. The summed E-state index contributed by atoms with van der Waals surface area (Å²) in [6, 6.07) is 0. The van der Waals surface area contributed by atoms with Gasteiger partial charge in [0.15, 0.2) is 0 Å². The molecule has 1 saturated heterocycles. The summed E-state index contributed by atoms with van der Waals surface area (Å²) >= 11 is 0. The van der Waals surface area contributed by atoms with E-state index in [0.717, 1.165) is 32.3 Å². The number of carboxylic acid groups (broad SMARTS) is 1. The monoisotopic (exact) mass is 199 g/mol. The van der Waals surface area contributed by atoms with Gasteiger partial charge in [-0.2, -0.15) is 0 Å². The molecule has 0 aromatic carbocycles. The van der Waals surface area contributed by atoms with Crippen molar-refractivity contribution in [3.8, 4) is 0 Å². The molecular formula is C10H17NO3. The Kier molecular flexibility index (Phi) is 3.92. The highest BCUT2D eigenvalue weighted by Gasteiger charge is 2.25. The molecule has 4 nitrogen and oxygen atoms in total. The van der Waals surface area contributed by atoms with Crippen molar-refractivity contribution in [1.82, 2.24) is 4.90 Å². The third-order valence-corrected chi connectivity index (χ3v) is 2.94. The van der Waals surface area contributed by atoms with Crippen LogP contribution in [0.4, 0.5) is 0 Å². The van der Waals surface area contributed by atoms with E-state index in [9.17, 15) is 9.59 Å². The van der Waals surface area contributed by atoms with E-state index in [1.165, 1.54) is 0 Å². The Hall–Kier alpha value is -1.06. The fraction of sp³-hybridized carbons (Fsp3) is 0.800. The van der Waals surface area contributed by atoms with E-state index in [-0.39, 0.29) is 12.3 Å². The molecule has 1 N–H and O–H groups in total. The minimum Gasteiger partial charge on any atom is -0.481 e. The summed E-state index contributed by atoms with van der Waals surface area (Å²) in [6.45, 7) is 3.49. The molecule has 80 valence electrons. The van der Waals surface area contributed by atoms with Crippen LogP contribution in [0.1, 0.15) is 26.2 Å². The normalized spacial score (nSPS) is 24.4. The maximum absolute atomic E-state index is 10.6. The Balaban J connectivity index is 2.42. The highest BCUT2D eigenvalue weighted by Crippen LogP contribution is 2.25. The first-order chi connectivity index (χ1) is 6.63. The number of nitrogens with zero attached hydrogens (tertiary/aromatic N) is 1. The van der Waals surface area contributed by atoms with Gasteiger partial charge in [-0.1, -0.05) is 6.92 Å². The Bertz CT molecular complexity index is 217. The van der Waals surface area contributed by atoms with Crippen molar-refractivity contribution in [2.24, 2.45) is 11.8 Å². The number of likely N-dealkylation sites (tertiary alicyclic amines) is 1. The molecule has 0 spiro atoms. The van der Waals surface area contributed by atoms with Crippen LogP contribution < -0.4 is 0 Å². The van der Waals surface area contributed by atoms with Crippen molar-refractivity contribution in [1.29, 1.82) is 0 Å². The van der Waals surface area contributed by atoms with Gasteiger partial charge in [0.25, 0.3) is 0 Å². The predicted octanol–water partition coefficient (Wildman–Crippen LogP) is 0.966. The second-order valence-electron chi connectivity index (χ2n) is 4.08. The van der Waals surface area contributed by atoms with Gasteiger partial charge in [-0.15, -0.1) is 0 Å². The van der Waals surface area contributed by atoms with Crippen LogP contribution in [0.25, 0.3) is 0 Å². The molecule has 2 atom stereocenters. The van der Waals surface area contributed by atoms with Gasteiger partial charge in [-0.3, -0.25) is 9.59 Å². The highest BCUT2D eigenvalue weighted by molar-refractivity contribution is 5.67. The number of amides is 1. The molecule has 0 aromatic rings. The van der Waals surface area contributed by atoms with Crippen molar-refractivity contribution in [2.75, 3.05) is 13.1 Å². The topological polar surface area (TPSA) is 57.6 Å². The van der Waals surface area contributed by atoms with Gasteiger partial charge in [0, 0.05) is 19.5 Å². The number of piperidine rings is 1. The van der Waals surface area contributed by atoms with Crippen molar-refractivity contribution in [2.45, 2.75) is 26.2 Å². The summed E-state index contributed by atoms with van der Waals surface area (Å²) in [7, 11) is 0. The fourth-order valence-corrected chi connectivity index (χ4v) is 2.04. The average Bonchev–Trinajstić information content (AvgIpc) is 2.17. The van der Waals surface area contributed by atoms with Gasteiger partial charge < -0.3 is 10.0 Å². The van der Waals surface area contributed by atoms with Gasteiger partial charge in [-0.25, -0.2) is 0 Å². The van der Waals surface area contributed by atoms with E-state index in [1.54, 1.807) is 4.90 Å². The van der Waals surface area contributed by atoms with Crippen LogP contribution in [-0.4, -0.2) is 35.5 Å². The van der Waals surface area contributed by atoms with Gasteiger partial charge in [0.1, 0.15) is 0 Å². The van der Waals surface area contributed by atoms with Crippen LogP contribution in [0.5, 0.6) is 0 Å². The first-order valence-electron chi connectivity index (χ1n) is 5.04. The molecule has 1 aliphatic rings. The maximum Gasteiger partial charge on any atom is 0.303 e. The molecule has 1 heterocycles. The second-order valence-corrected chi connectivity index (χ2v) is 4.08. The minimum atomic E-state index is -0.749. The standard InChI is InChI=1S/C10H17NO3/c1-8(5-10(13)14)9-3-2-4-11(6-9)7-12/h7-9H,2-6H2,1H3,(H,13,14). The third kappa shape index (κ3) is 3.01. The molecule has 1 aliphatic heterocycles. The number of carbonyl (C=O) groups excluding carboxylic acids is 1. The maximum atomic E-state index is 10.6. The smallest absolute Gasteiger partial charge is 0.303 e. The van der Waals surface area contributed by atoms with E-state index in [1.807, 2.05) is 6.92 Å². The molecule has 1 amide bonds. The fourth-order valence-electron chi connectivity index (χ4n) is 2.04. The Morgan fingerprint density at radius 3 is 3.00 bits per heavy atom. The zero-order valence-corrected chi connectivity index (χ0v) is 8.48. The summed E-state index contributed by atoms with van der Waals surface area (Å²) in [5, 5.41) is 8.65. The predicted molar refractivity (Wildman–Crippen MR) is 51.8 cm³/mol. The quantitative estimate of drug-likeness (QED) is 0.686. The summed E-state index contributed by atoms with van der Waals surface area (Å²) in [6.07, 6.45) is 3.10. The molecule has 0 aliphatic carbocycles. The number of aliphatic carboxylic acids is 1. The van der Waals surface area contributed by atoms with E-state index >= 15 is 0 Å². The van der Waals surface area contributed by atoms with Crippen LogP contribution >= 0.6 is 0 Å². The first kappa shape index (κ1) is 11.0. The molecule has 14 heavy (non-hydrogen) atoms. The molecule has 0 saturated carbocycles. The minimum absolute atomic E-state index is 0.162. The molecule has 0 aromatic heterocycles. The van der Waals surface area contributed by atoms with Crippen molar-refractivity contribution >= 4 is 12.4 Å². The lowest BCUT2D eigenvalue weighted by Crippen LogP contribution is -2.37. The molecule has 4 heteroatoms. The number of hydrogen-bond donors (Lipinski definition) is 1.